The van der Waals surface area contributed by atoms with Crippen molar-refractivity contribution in [2.75, 3.05) is 0 Å². The first-order chi connectivity index (χ1) is 10.1. The van der Waals surface area contributed by atoms with Crippen molar-refractivity contribution in [3.63, 3.8) is 0 Å². The van der Waals surface area contributed by atoms with Crippen molar-refractivity contribution in [1.82, 2.24) is 20.1 Å². The third-order valence-electron chi connectivity index (χ3n) is 3.62. The smallest absolute Gasteiger partial charge is 0.221 e. The van der Waals surface area contributed by atoms with Gasteiger partial charge in [0, 0.05) is 37.5 Å². The highest BCUT2D eigenvalue weighted by atomic mass is 16.5. The normalized spacial score (nSPS) is 14.4. The van der Waals surface area contributed by atoms with Crippen LogP contribution >= 0.6 is 0 Å². The fourth-order valence-corrected chi connectivity index (χ4v) is 2.29. The van der Waals surface area contributed by atoms with E-state index in [0.717, 1.165) is 24.4 Å². The van der Waals surface area contributed by atoms with Crippen LogP contribution in [0.1, 0.15) is 36.7 Å². The number of rotatable bonds is 6. The highest BCUT2D eigenvalue weighted by molar-refractivity contribution is 5.29. The maximum atomic E-state index is 5.90. The minimum atomic E-state index is 0.643. The Morgan fingerprint density at radius 1 is 1.33 bits per heavy atom. The van der Waals surface area contributed by atoms with Crippen molar-refractivity contribution in [3.05, 3.63) is 35.2 Å². The van der Waals surface area contributed by atoms with Crippen molar-refractivity contribution in [2.24, 2.45) is 7.05 Å². The zero-order valence-corrected chi connectivity index (χ0v) is 12.9. The zero-order valence-electron chi connectivity index (χ0n) is 12.9. The summed E-state index contributed by atoms with van der Waals surface area (Å²) in [6.45, 7) is 4.94. The molecule has 0 amide bonds. The Balaban J connectivity index is 1.79. The van der Waals surface area contributed by atoms with E-state index < -0.39 is 0 Å². The van der Waals surface area contributed by atoms with Gasteiger partial charge in [0.2, 0.25) is 11.8 Å². The van der Waals surface area contributed by atoms with Crippen molar-refractivity contribution < 1.29 is 4.74 Å². The molecule has 2 aromatic heterocycles. The number of aryl methyl sites for hydroxylation is 3. The molecule has 2 heterocycles. The molecular formula is C16H22N4O. The van der Waals surface area contributed by atoms with Crippen molar-refractivity contribution >= 4 is 0 Å². The van der Waals surface area contributed by atoms with Crippen LogP contribution in [0.5, 0.6) is 11.8 Å². The fraction of sp³-hybridized carbons (Fsp3) is 0.500. The summed E-state index contributed by atoms with van der Waals surface area (Å²) in [6.07, 6.45) is 3.49. The van der Waals surface area contributed by atoms with Gasteiger partial charge >= 0.3 is 0 Å². The lowest BCUT2D eigenvalue weighted by atomic mass is 10.2. The second-order valence-corrected chi connectivity index (χ2v) is 5.66. The Morgan fingerprint density at radius 3 is 2.76 bits per heavy atom. The molecule has 1 aliphatic rings. The lowest BCUT2D eigenvalue weighted by Crippen LogP contribution is -2.15. The summed E-state index contributed by atoms with van der Waals surface area (Å²) < 4.78 is 7.63. The van der Waals surface area contributed by atoms with Crippen LogP contribution < -0.4 is 10.1 Å². The van der Waals surface area contributed by atoms with E-state index in [0.29, 0.717) is 17.8 Å². The molecule has 1 N–H and O–H groups in total. The zero-order chi connectivity index (χ0) is 14.8. The molecule has 5 nitrogen and oxygen atoms in total. The van der Waals surface area contributed by atoms with Crippen LogP contribution in [-0.4, -0.2) is 20.8 Å². The fourth-order valence-electron chi connectivity index (χ4n) is 2.29. The Bertz CT molecular complexity index is 631. The van der Waals surface area contributed by atoms with Gasteiger partial charge < -0.3 is 10.1 Å². The van der Waals surface area contributed by atoms with Crippen molar-refractivity contribution in [1.29, 1.82) is 0 Å². The van der Waals surface area contributed by atoms with Gasteiger partial charge in [0.25, 0.3) is 0 Å². The lowest BCUT2D eigenvalue weighted by Gasteiger charge is -2.10. The maximum Gasteiger partial charge on any atom is 0.221 e. The third kappa shape index (κ3) is 3.61. The molecule has 0 spiro atoms. The molecule has 3 rings (SSSR count). The van der Waals surface area contributed by atoms with E-state index in [1.807, 2.05) is 26.1 Å². The molecule has 5 heteroatoms. The summed E-state index contributed by atoms with van der Waals surface area (Å²) in [5.74, 6) is 1.36. The van der Waals surface area contributed by atoms with Crippen LogP contribution in [-0.2, 0) is 20.0 Å². The molecule has 0 unspecified atom stereocenters. The van der Waals surface area contributed by atoms with Gasteiger partial charge in [-0.3, -0.25) is 0 Å². The predicted molar refractivity (Wildman–Crippen MR) is 81.5 cm³/mol. The molecule has 0 saturated heterocycles. The first kappa shape index (κ1) is 14.1. The SMILES string of the molecule is CCc1cc(CNC2CC2)cc(Oc2cc(C)nn2C)n1. The lowest BCUT2D eigenvalue weighted by molar-refractivity contribution is 0.413. The number of pyridine rings is 1. The molecule has 1 fully saturated rings. The van der Waals surface area contributed by atoms with Crippen LogP contribution in [0.2, 0.25) is 0 Å². The second-order valence-electron chi connectivity index (χ2n) is 5.66. The van der Waals surface area contributed by atoms with Gasteiger partial charge in [0.1, 0.15) is 0 Å². The minimum absolute atomic E-state index is 0.643. The number of aromatic nitrogens is 3. The van der Waals surface area contributed by atoms with E-state index in [4.69, 9.17) is 4.74 Å². The van der Waals surface area contributed by atoms with Crippen molar-refractivity contribution in [3.8, 4) is 11.8 Å². The van der Waals surface area contributed by atoms with Crippen LogP contribution in [0.25, 0.3) is 0 Å². The highest BCUT2D eigenvalue weighted by Gasteiger charge is 2.20. The monoisotopic (exact) mass is 286 g/mol. The summed E-state index contributed by atoms with van der Waals surface area (Å²) in [5.41, 5.74) is 3.22. The summed E-state index contributed by atoms with van der Waals surface area (Å²) >= 11 is 0. The van der Waals surface area contributed by atoms with E-state index >= 15 is 0 Å². The number of hydrogen-bond acceptors (Lipinski definition) is 4. The van der Waals surface area contributed by atoms with E-state index in [1.165, 1.54) is 18.4 Å². The van der Waals surface area contributed by atoms with Crippen LogP contribution in [0.4, 0.5) is 0 Å². The van der Waals surface area contributed by atoms with E-state index in [9.17, 15) is 0 Å². The van der Waals surface area contributed by atoms with E-state index in [1.54, 1.807) is 4.68 Å². The molecule has 0 aliphatic heterocycles. The standard InChI is InChI=1S/C16H22N4O/c1-4-13-8-12(10-17-14-5-6-14)9-15(18-13)21-16-7-11(2)19-20(16)3/h7-9,14,17H,4-6,10H2,1-3H3. The molecule has 0 bridgehead atoms. The molecule has 112 valence electrons. The van der Waals surface area contributed by atoms with Gasteiger partial charge in [0.15, 0.2) is 0 Å². The van der Waals surface area contributed by atoms with E-state index in [2.05, 4.69) is 28.4 Å². The summed E-state index contributed by atoms with van der Waals surface area (Å²) in [6, 6.07) is 6.78. The summed E-state index contributed by atoms with van der Waals surface area (Å²) in [5, 5.41) is 7.82. The topological polar surface area (TPSA) is 52.0 Å². The van der Waals surface area contributed by atoms with Gasteiger partial charge in [-0.15, -0.1) is 0 Å². The Labute approximate surface area is 125 Å². The Morgan fingerprint density at radius 2 is 2.14 bits per heavy atom. The Hall–Kier alpha value is -1.88. The molecular weight excluding hydrogens is 264 g/mol. The molecule has 1 saturated carbocycles. The molecule has 21 heavy (non-hydrogen) atoms. The average Bonchev–Trinajstić information content (AvgIpc) is 3.23. The van der Waals surface area contributed by atoms with Crippen molar-refractivity contribution in [2.45, 2.75) is 45.7 Å². The molecule has 1 aliphatic carbocycles. The second kappa shape index (κ2) is 5.85. The van der Waals surface area contributed by atoms with Crippen LogP contribution in [0, 0.1) is 6.92 Å². The van der Waals surface area contributed by atoms with Gasteiger partial charge in [-0.1, -0.05) is 6.92 Å². The van der Waals surface area contributed by atoms with Crippen LogP contribution in [0.3, 0.4) is 0 Å². The van der Waals surface area contributed by atoms with Gasteiger partial charge in [-0.2, -0.15) is 5.10 Å². The van der Waals surface area contributed by atoms with E-state index in [-0.39, 0.29) is 0 Å². The summed E-state index contributed by atoms with van der Waals surface area (Å²) in [4.78, 5) is 4.55. The third-order valence-corrected chi connectivity index (χ3v) is 3.62. The number of ether oxygens (including phenoxy) is 1. The van der Waals surface area contributed by atoms with Crippen LogP contribution in [0.15, 0.2) is 18.2 Å². The van der Waals surface area contributed by atoms with Gasteiger partial charge in [-0.05, 0) is 37.8 Å². The van der Waals surface area contributed by atoms with Gasteiger partial charge in [0.05, 0.1) is 5.69 Å². The predicted octanol–water partition coefficient (Wildman–Crippen LogP) is 2.73. The first-order valence-electron chi connectivity index (χ1n) is 7.55. The minimum Gasteiger partial charge on any atom is -0.421 e. The maximum absolute atomic E-state index is 5.90. The molecule has 2 aromatic rings. The molecule has 0 atom stereocenters. The largest absolute Gasteiger partial charge is 0.421 e. The highest BCUT2D eigenvalue weighted by Crippen LogP contribution is 2.23. The molecule has 0 radical (unpaired) electrons. The quantitative estimate of drug-likeness (QED) is 0.887. The molecule has 0 aromatic carbocycles. The number of nitrogens with zero attached hydrogens (tertiary/aromatic N) is 3. The Kier molecular flexibility index (Phi) is 3.92. The summed E-state index contributed by atoms with van der Waals surface area (Å²) in [7, 11) is 1.88. The first-order valence-corrected chi connectivity index (χ1v) is 7.55. The van der Waals surface area contributed by atoms with Gasteiger partial charge in [-0.25, -0.2) is 9.67 Å². The average molecular weight is 286 g/mol. The number of hydrogen-bond donors (Lipinski definition) is 1. The number of nitrogens with one attached hydrogen (secondary N) is 1.